The van der Waals surface area contributed by atoms with Gasteiger partial charge in [-0.25, -0.2) is 8.42 Å². The number of hydrogen-bond acceptors (Lipinski definition) is 4. The second-order valence-corrected chi connectivity index (χ2v) is 8.13. The lowest BCUT2D eigenvalue weighted by molar-refractivity contribution is 0.586. The minimum absolute atomic E-state index is 0.108. The van der Waals surface area contributed by atoms with Gasteiger partial charge in [-0.1, -0.05) is 41.9 Å². The van der Waals surface area contributed by atoms with Crippen molar-refractivity contribution < 1.29 is 8.42 Å². The van der Waals surface area contributed by atoms with Gasteiger partial charge in [0, 0.05) is 17.5 Å². The summed E-state index contributed by atoms with van der Waals surface area (Å²) in [5.74, 6) is -0.319. The van der Waals surface area contributed by atoms with Crippen LogP contribution in [0.1, 0.15) is 11.5 Å². The van der Waals surface area contributed by atoms with Gasteiger partial charge in [-0.05, 0) is 29.8 Å². The summed E-state index contributed by atoms with van der Waals surface area (Å²) in [6, 6.07) is 15.4. The lowest BCUT2D eigenvalue weighted by atomic mass is 10.1. The van der Waals surface area contributed by atoms with E-state index >= 15 is 0 Å². The summed E-state index contributed by atoms with van der Waals surface area (Å²) >= 11 is 5.89. The molecule has 3 atom stereocenters. The first-order chi connectivity index (χ1) is 10.4. The molecule has 2 aromatic carbocycles. The van der Waals surface area contributed by atoms with Crippen LogP contribution in [0.15, 0.2) is 59.5 Å². The van der Waals surface area contributed by atoms with Gasteiger partial charge in [-0.15, -0.1) is 0 Å². The summed E-state index contributed by atoms with van der Waals surface area (Å²) in [6.45, 7) is 0.108. The molecule has 3 rings (SSSR count). The highest BCUT2D eigenvalue weighted by Gasteiger charge is 2.68. The van der Waals surface area contributed by atoms with Crippen LogP contribution in [0.3, 0.4) is 0 Å². The van der Waals surface area contributed by atoms with E-state index in [1.165, 1.54) is 0 Å². The standard InChI is InChI=1S/C16H17ClN2O2S/c17-12-8-6-11(7-9-12)14-15(16(14,19)10-18)22(20,21)13-4-2-1-3-5-13/h1-9,14-15H,10,18-19H2. The van der Waals surface area contributed by atoms with Crippen molar-refractivity contribution in [1.82, 2.24) is 0 Å². The molecular formula is C16H17ClN2O2S. The third kappa shape index (κ3) is 2.34. The van der Waals surface area contributed by atoms with Crippen LogP contribution < -0.4 is 11.5 Å². The Morgan fingerprint density at radius 2 is 1.64 bits per heavy atom. The Kier molecular flexibility index (Phi) is 3.77. The van der Waals surface area contributed by atoms with Gasteiger partial charge in [0.2, 0.25) is 0 Å². The molecule has 1 saturated carbocycles. The van der Waals surface area contributed by atoms with Gasteiger partial charge >= 0.3 is 0 Å². The average Bonchev–Trinajstić information content (AvgIpc) is 3.17. The third-order valence-corrected chi connectivity index (χ3v) is 6.85. The molecule has 0 spiro atoms. The SMILES string of the molecule is NCC1(N)C(c2ccc(Cl)cc2)C1S(=O)(=O)c1ccccc1. The molecule has 1 aliphatic carbocycles. The van der Waals surface area contributed by atoms with Crippen molar-refractivity contribution in [3.8, 4) is 0 Å². The summed E-state index contributed by atoms with van der Waals surface area (Å²) in [7, 11) is -3.53. The molecule has 22 heavy (non-hydrogen) atoms. The van der Waals surface area contributed by atoms with Crippen LogP contribution in [0, 0.1) is 0 Å². The first kappa shape index (κ1) is 15.5. The predicted octanol–water partition coefficient (Wildman–Crippen LogP) is 1.94. The van der Waals surface area contributed by atoms with E-state index in [0.29, 0.717) is 5.02 Å². The quantitative estimate of drug-likeness (QED) is 0.893. The van der Waals surface area contributed by atoms with Crippen molar-refractivity contribution >= 4 is 21.4 Å². The van der Waals surface area contributed by atoms with Crippen LogP contribution in [0.25, 0.3) is 0 Å². The van der Waals surface area contributed by atoms with Crippen molar-refractivity contribution in [2.45, 2.75) is 21.6 Å². The predicted molar refractivity (Wildman–Crippen MR) is 87.6 cm³/mol. The van der Waals surface area contributed by atoms with Crippen molar-refractivity contribution in [2.24, 2.45) is 11.5 Å². The fraction of sp³-hybridized carbons (Fsp3) is 0.250. The van der Waals surface area contributed by atoms with Gasteiger partial charge in [0.1, 0.15) is 0 Å². The highest BCUT2D eigenvalue weighted by molar-refractivity contribution is 7.92. The molecule has 4 nitrogen and oxygen atoms in total. The van der Waals surface area contributed by atoms with Gasteiger partial charge in [0.15, 0.2) is 9.84 Å². The molecule has 6 heteroatoms. The van der Waals surface area contributed by atoms with Gasteiger partial charge < -0.3 is 11.5 Å². The van der Waals surface area contributed by atoms with Gasteiger partial charge in [-0.2, -0.15) is 0 Å². The summed E-state index contributed by atoms with van der Waals surface area (Å²) in [5, 5.41) is -0.115. The number of sulfone groups is 1. The lowest BCUT2D eigenvalue weighted by Gasteiger charge is -2.08. The molecule has 0 heterocycles. The largest absolute Gasteiger partial charge is 0.329 e. The maximum atomic E-state index is 12.9. The molecule has 2 aromatic rings. The first-order valence-electron chi connectivity index (χ1n) is 6.94. The summed E-state index contributed by atoms with van der Waals surface area (Å²) in [4.78, 5) is 0.278. The first-order valence-corrected chi connectivity index (χ1v) is 8.87. The Morgan fingerprint density at radius 3 is 2.18 bits per heavy atom. The van der Waals surface area contributed by atoms with Crippen LogP contribution in [-0.2, 0) is 9.84 Å². The van der Waals surface area contributed by atoms with Gasteiger partial charge in [0.05, 0.1) is 15.7 Å². The maximum absolute atomic E-state index is 12.9. The molecule has 4 N–H and O–H groups in total. The zero-order chi connectivity index (χ0) is 16.0. The number of hydrogen-bond donors (Lipinski definition) is 2. The Morgan fingerprint density at radius 1 is 1.05 bits per heavy atom. The molecule has 1 aliphatic rings. The molecular weight excluding hydrogens is 320 g/mol. The monoisotopic (exact) mass is 336 g/mol. The maximum Gasteiger partial charge on any atom is 0.183 e. The van der Waals surface area contributed by atoms with Crippen molar-refractivity contribution in [3.05, 3.63) is 65.2 Å². The normalized spacial score (nSPS) is 27.6. The minimum Gasteiger partial charge on any atom is -0.329 e. The summed E-state index contributed by atoms with van der Waals surface area (Å²) in [5.41, 5.74) is 12.0. The highest BCUT2D eigenvalue weighted by atomic mass is 35.5. The van der Waals surface area contributed by atoms with E-state index in [0.717, 1.165) is 5.56 Å². The fourth-order valence-electron chi connectivity index (χ4n) is 3.05. The van der Waals surface area contributed by atoms with Crippen LogP contribution in [0.4, 0.5) is 0 Å². The zero-order valence-electron chi connectivity index (χ0n) is 11.8. The Bertz CT molecular complexity index is 778. The fourth-order valence-corrected chi connectivity index (χ4v) is 5.51. The van der Waals surface area contributed by atoms with E-state index in [9.17, 15) is 8.42 Å². The summed E-state index contributed by atoms with van der Waals surface area (Å²) in [6.07, 6.45) is 0. The molecule has 3 unspecified atom stereocenters. The highest BCUT2D eigenvalue weighted by Crippen LogP contribution is 2.55. The van der Waals surface area contributed by atoms with E-state index in [1.807, 2.05) is 12.1 Å². The Balaban J connectivity index is 2.02. The minimum atomic E-state index is -3.53. The van der Waals surface area contributed by atoms with E-state index in [2.05, 4.69) is 0 Å². The molecule has 0 aliphatic heterocycles. The Labute approximate surface area is 135 Å². The second kappa shape index (κ2) is 5.35. The zero-order valence-corrected chi connectivity index (χ0v) is 13.4. The van der Waals surface area contributed by atoms with Crippen LogP contribution >= 0.6 is 11.6 Å². The second-order valence-electron chi connectivity index (χ2n) is 5.62. The topological polar surface area (TPSA) is 86.2 Å². The molecule has 0 saturated heterocycles. The molecule has 0 bridgehead atoms. The van der Waals surface area contributed by atoms with Crippen molar-refractivity contribution in [3.63, 3.8) is 0 Å². The van der Waals surface area contributed by atoms with Crippen LogP contribution in [0.2, 0.25) is 5.02 Å². The number of benzene rings is 2. The lowest BCUT2D eigenvalue weighted by Crippen LogP contribution is -2.39. The van der Waals surface area contributed by atoms with Gasteiger partial charge in [-0.3, -0.25) is 0 Å². The number of nitrogens with two attached hydrogens (primary N) is 2. The van der Waals surface area contributed by atoms with Crippen molar-refractivity contribution in [2.75, 3.05) is 6.54 Å². The van der Waals surface area contributed by atoms with E-state index in [4.69, 9.17) is 23.1 Å². The van der Waals surface area contributed by atoms with E-state index < -0.39 is 20.6 Å². The molecule has 0 aromatic heterocycles. The summed E-state index contributed by atoms with van der Waals surface area (Å²) < 4.78 is 25.7. The smallest absolute Gasteiger partial charge is 0.183 e. The number of rotatable bonds is 4. The molecule has 0 amide bonds. The third-order valence-electron chi connectivity index (χ3n) is 4.29. The van der Waals surface area contributed by atoms with Gasteiger partial charge in [0.25, 0.3) is 0 Å². The average molecular weight is 337 g/mol. The van der Waals surface area contributed by atoms with Crippen LogP contribution in [-0.4, -0.2) is 25.8 Å². The molecule has 116 valence electrons. The van der Waals surface area contributed by atoms with Crippen molar-refractivity contribution in [1.29, 1.82) is 0 Å². The molecule has 0 radical (unpaired) electrons. The van der Waals surface area contributed by atoms with E-state index in [-0.39, 0.29) is 17.4 Å². The van der Waals surface area contributed by atoms with E-state index in [1.54, 1.807) is 42.5 Å². The van der Waals surface area contributed by atoms with Crippen LogP contribution in [0.5, 0.6) is 0 Å². The number of halogens is 1. The Hall–Kier alpha value is -1.40. The molecule has 1 fully saturated rings.